The number of aromatic nitrogens is 4. The van der Waals surface area contributed by atoms with Crippen LogP contribution >= 0.6 is 11.3 Å². The van der Waals surface area contributed by atoms with Gasteiger partial charge in [-0.1, -0.05) is 127 Å². The van der Waals surface area contributed by atoms with Crippen LogP contribution < -0.4 is 0 Å². The summed E-state index contributed by atoms with van der Waals surface area (Å²) in [7, 11) is 0. The summed E-state index contributed by atoms with van der Waals surface area (Å²) in [6.07, 6.45) is 0. The SMILES string of the molecule is c1ccc(-c2cccc(-c3nc(-c4ccc5c6ccccc6n(-c6ccccc6)c5c4)nc(-c4cccc5c4sc4ccccc45)n3)c2)cc1. The second-order valence-corrected chi connectivity index (χ2v) is 13.5. The lowest BCUT2D eigenvalue weighted by atomic mass is 10.0. The molecule has 0 unspecified atom stereocenters. The van der Waals surface area contributed by atoms with Gasteiger partial charge in [0, 0.05) is 53.3 Å². The van der Waals surface area contributed by atoms with Crippen LogP contribution in [0.3, 0.4) is 0 Å². The predicted octanol–water partition coefficient (Wildman–Crippen LogP) is 12.0. The van der Waals surface area contributed by atoms with Gasteiger partial charge in [-0.05, 0) is 53.6 Å². The Balaban J connectivity index is 1.22. The zero-order valence-corrected chi connectivity index (χ0v) is 27.7. The zero-order chi connectivity index (χ0) is 33.0. The number of fused-ring (bicyclic) bond motifs is 6. The third kappa shape index (κ3) is 4.71. The normalized spacial score (nSPS) is 11.6. The number of para-hydroxylation sites is 2. The van der Waals surface area contributed by atoms with Gasteiger partial charge in [-0.3, -0.25) is 0 Å². The van der Waals surface area contributed by atoms with Crippen molar-refractivity contribution in [1.29, 1.82) is 0 Å². The Hall–Kier alpha value is -6.43. The molecule has 0 aliphatic rings. The van der Waals surface area contributed by atoms with Crippen LogP contribution in [0.2, 0.25) is 0 Å². The molecular weight excluding hydrogens is 629 g/mol. The Morgan fingerprint density at radius 1 is 0.380 bits per heavy atom. The molecule has 10 rings (SSSR count). The van der Waals surface area contributed by atoms with Crippen molar-refractivity contribution in [3.63, 3.8) is 0 Å². The smallest absolute Gasteiger partial charge is 0.165 e. The van der Waals surface area contributed by atoms with Crippen molar-refractivity contribution in [2.75, 3.05) is 0 Å². The summed E-state index contributed by atoms with van der Waals surface area (Å²) < 4.78 is 4.76. The number of thiophene rings is 1. The van der Waals surface area contributed by atoms with Gasteiger partial charge in [-0.2, -0.15) is 0 Å². The highest BCUT2D eigenvalue weighted by molar-refractivity contribution is 7.26. The van der Waals surface area contributed by atoms with Crippen molar-refractivity contribution in [2.45, 2.75) is 0 Å². The maximum atomic E-state index is 5.24. The molecule has 10 aromatic rings. The molecule has 0 aliphatic carbocycles. The van der Waals surface area contributed by atoms with E-state index in [0.29, 0.717) is 17.5 Å². The molecular formula is C45H28N4S. The molecule has 234 valence electrons. The monoisotopic (exact) mass is 656 g/mol. The van der Waals surface area contributed by atoms with Crippen LogP contribution in [-0.4, -0.2) is 19.5 Å². The molecule has 0 saturated carbocycles. The van der Waals surface area contributed by atoms with Crippen LogP contribution in [0.5, 0.6) is 0 Å². The van der Waals surface area contributed by atoms with E-state index < -0.39 is 0 Å². The number of hydrogen-bond donors (Lipinski definition) is 0. The molecule has 0 N–H and O–H groups in total. The van der Waals surface area contributed by atoms with E-state index in [9.17, 15) is 0 Å². The van der Waals surface area contributed by atoms with E-state index in [2.05, 4.69) is 168 Å². The van der Waals surface area contributed by atoms with Crippen LogP contribution in [0.1, 0.15) is 0 Å². The molecule has 5 heteroatoms. The highest BCUT2D eigenvalue weighted by Gasteiger charge is 2.19. The Morgan fingerprint density at radius 3 is 1.82 bits per heavy atom. The first kappa shape index (κ1) is 28.6. The van der Waals surface area contributed by atoms with E-state index >= 15 is 0 Å². The van der Waals surface area contributed by atoms with E-state index in [4.69, 9.17) is 15.0 Å². The first-order valence-corrected chi connectivity index (χ1v) is 17.5. The molecule has 0 amide bonds. The molecule has 0 radical (unpaired) electrons. The van der Waals surface area contributed by atoms with E-state index in [0.717, 1.165) is 44.5 Å². The highest BCUT2D eigenvalue weighted by Crippen LogP contribution is 2.40. The largest absolute Gasteiger partial charge is 0.309 e. The van der Waals surface area contributed by atoms with Gasteiger partial charge in [0.1, 0.15) is 0 Å². The van der Waals surface area contributed by atoms with Crippen molar-refractivity contribution in [2.24, 2.45) is 0 Å². The van der Waals surface area contributed by atoms with E-state index in [-0.39, 0.29) is 0 Å². The van der Waals surface area contributed by atoms with Crippen LogP contribution in [0.15, 0.2) is 170 Å². The lowest BCUT2D eigenvalue weighted by molar-refractivity contribution is 1.08. The Labute approximate surface area is 292 Å². The Bertz CT molecular complexity index is 2870. The van der Waals surface area contributed by atoms with Crippen LogP contribution in [0, 0.1) is 0 Å². The van der Waals surface area contributed by atoms with Gasteiger partial charge in [-0.25, -0.2) is 15.0 Å². The summed E-state index contributed by atoms with van der Waals surface area (Å²) in [5.74, 6) is 1.94. The third-order valence-electron chi connectivity index (χ3n) is 9.45. The number of nitrogens with zero attached hydrogens (tertiary/aromatic N) is 4. The molecule has 3 heterocycles. The van der Waals surface area contributed by atoms with Crippen LogP contribution in [-0.2, 0) is 0 Å². The average molecular weight is 657 g/mol. The fourth-order valence-corrected chi connectivity index (χ4v) is 8.32. The second-order valence-electron chi connectivity index (χ2n) is 12.5. The fraction of sp³-hybridized carbons (Fsp3) is 0. The second kappa shape index (κ2) is 11.6. The molecule has 0 atom stereocenters. The van der Waals surface area contributed by atoms with Gasteiger partial charge < -0.3 is 4.57 Å². The maximum Gasteiger partial charge on any atom is 0.165 e. The summed E-state index contributed by atoms with van der Waals surface area (Å²) in [5.41, 5.74) is 8.54. The number of rotatable bonds is 5. The Kier molecular flexibility index (Phi) is 6.64. The van der Waals surface area contributed by atoms with Crippen LogP contribution in [0.4, 0.5) is 0 Å². The molecule has 0 fully saturated rings. The number of hydrogen-bond acceptors (Lipinski definition) is 4. The lowest BCUT2D eigenvalue weighted by Crippen LogP contribution is -2.01. The van der Waals surface area contributed by atoms with Crippen molar-refractivity contribution >= 4 is 53.3 Å². The first-order chi connectivity index (χ1) is 24.8. The van der Waals surface area contributed by atoms with Gasteiger partial charge >= 0.3 is 0 Å². The maximum absolute atomic E-state index is 5.24. The summed E-state index contributed by atoms with van der Waals surface area (Å²) in [6, 6.07) is 59.6. The minimum Gasteiger partial charge on any atom is -0.309 e. The van der Waals surface area contributed by atoms with E-state index in [1.54, 1.807) is 11.3 Å². The summed E-state index contributed by atoms with van der Waals surface area (Å²) in [6.45, 7) is 0. The van der Waals surface area contributed by atoms with Gasteiger partial charge in [0.05, 0.1) is 11.0 Å². The molecule has 3 aromatic heterocycles. The van der Waals surface area contributed by atoms with Crippen molar-refractivity contribution in [3.8, 4) is 51.0 Å². The highest BCUT2D eigenvalue weighted by atomic mass is 32.1. The van der Waals surface area contributed by atoms with Crippen molar-refractivity contribution < 1.29 is 0 Å². The van der Waals surface area contributed by atoms with Crippen molar-refractivity contribution in [3.05, 3.63) is 170 Å². The number of benzene rings is 7. The minimum atomic E-state index is 0.639. The Morgan fingerprint density at radius 2 is 0.980 bits per heavy atom. The topological polar surface area (TPSA) is 43.6 Å². The van der Waals surface area contributed by atoms with E-state index in [1.807, 2.05) is 6.07 Å². The molecule has 0 saturated heterocycles. The minimum absolute atomic E-state index is 0.639. The molecule has 7 aromatic carbocycles. The standard InChI is InChI=1S/C45H28N4S/c1-3-13-29(14-4-1)30-15-11-16-31(27-30)43-46-44(48-45(47-43)38-22-12-21-37-36-20-8-10-24-41(36)50-42(37)38)32-25-26-35-34-19-7-9-23-39(34)49(40(35)28-32)33-17-5-2-6-18-33/h1-28H. The molecule has 0 spiro atoms. The van der Waals surface area contributed by atoms with Gasteiger partial charge in [0.2, 0.25) is 0 Å². The fourth-order valence-electron chi connectivity index (χ4n) is 7.11. The molecule has 0 bridgehead atoms. The molecule has 0 aliphatic heterocycles. The quantitative estimate of drug-likeness (QED) is 0.185. The van der Waals surface area contributed by atoms with Crippen molar-refractivity contribution in [1.82, 2.24) is 19.5 Å². The van der Waals surface area contributed by atoms with Gasteiger partial charge in [-0.15, -0.1) is 11.3 Å². The lowest BCUT2D eigenvalue weighted by Gasteiger charge is -2.11. The average Bonchev–Trinajstić information content (AvgIpc) is 3.74. The van der Waals surface area contributed by atoms with Crippen LogP contribution in [0.25, 0.3) is 93.0 Å². The molecule has 4 nitrogen and oxygen atoms in total. The van der Waals surface area contributed by atoms with Gasteiger partial charge in [0.15, 0.2) is 17.5 Å². The zero-order valence-electron chi connectivity index (χ0n) is 26.9. The van der Waals surface area contributed by atoms with Gasteiger partial charge in [0.25, 0.3) is 0 Å². The summed E-state index contributed by atoms with van der Waals surface area (Å²) in [5, 5.41) is 4.86. The van der Waals surface area contributed by atoms with E-state index in [1.165, 1.54) is 30.9 Å². The molecule has 50 heavy (non-hydrogen) atoms. The predicted molar refractivity (Wildman–Crippen MR) is 209 cm³/mol. The third-order valence-corrected chi connectivity index (χ3v) is 10.7. The summed E-state index contributed by atoms with van der Waals surface area (Å²) in [4.78, 5) is 15.6. The first-order valence-electron chi connectivity index (χ1n) is 16.7. The summed E-state index contributed by atoms with van der Waals surface area (Å²) >= 11 is 1.79.